The summed E-state index contributed by atoms with van der Waals surface area (Å²) in [4.78, 5) is 14.4. The molecular weight excluding hydrogens is 242 g/mol. The molecule has 4 heteroatoms. The lowest BCUT2D eigenvalue weighted by Gasteiger charge is -2.05. The monoisotopic (exact) mass is 255 g/mol. The lowest BCUT2D eigenvalue weighted by molar-refractivity contribution is -0.131. The van der Waals surface area contributed by atoms with Crippen molar-refractivity contribution < 1.29 is 14.6 Å². The first-order valence-corrected chi connectivity index (χ1v) is 5.74. The molecule has 0 aliphatic rings. The van der Waals surface area contributed by atoms with Crippen LogP contribution in [0.3, 0.4) is 0 Å². The molecule has 2 aromatic rings. The number of ether oxygens (including phenoxy) is 1. The summed E-state index contributed by atoms with van der Waals surface area (Å²) in [5.41, 5.74) is 1.83. The van der Waals surface area contributed by atoms with Crippen molar-refractivity contribution in [3.05, 3.63) is 59.9 Å². The zero-order valence-electron chi connectivity index (χ0n) is 10.4. The van der Waals surface area contributed by atoms with E-state index in [0.29, 0.717) is 17.1 Å². The maximum atomic E-state index is 10.4. The first-order valence-electron chi connectivity index (χ1n) is 5.74. The summed E-state index contributed by atoms with van der Waals surface area (Å²) in [5, 5.41) is 8.57. The number of aliphatic carboxylic acids is 1. The number of carboxylic acid groups (broad SMARTS) is 1. The number of pyridine rings is 1. The molecule has 0 fully saturated rings. The van der Waals surface area contributed by atoms with Gasteiger partial charge in [-0.05, 0) is 36.8 Å². The molecule has 0 saturated heterocycles. The predicted octanol–water partition coefficient (Wildman–Crippen LogP) is 3.28. The Morgan fingerprint density at radius 1 is 1.21 bits per heavy atom. The van der Waals surface area contributed by atoms with Gasteiger partial charge in [-0.25, -0.2) is 4.79 Å². The number of hydrogen-bond acceptors (Lipinski definition) is 3. The minimum atomic E-state index is -0.996. The molecular formula is C15H13NO3. The summed E-state index contributed by atoms with van der Waals surface area (Å²) in [5.74, 6) is 0.285. The Balaban J connectivity index is 2.15. The molecule has 0 unspecified atom stereocenters. The third kappa shape index (κ3) is 3.96. The Hall–Kier alpha value is -2.62. The van der Waals surface area contributed by atoms with Crippen LogP contribution in [0.15, 0.2) is 48.8 Å². The minimum absolute atomic E-state index is 0.566. The van der Waals surface area contributed by atoms with E-state index >= 15 is 0 Å². The fraction of sp³-hybridized carbons (Fsp3) is 0.0667. The zero-order valence-corrected chi connectivity index (χ0v) is 10.4. The van der Waals surface area contributed by atoms with Crippen LogP contribution in [0.4, 0.5) is 0 Å². The second-order valence-electron chi connectivity index (χ2n) is 4.04. The van der Waals surface area contributed by atoms with Crippen LogP contribution in [0.2, 0.25) is 0 Å². The highest BCUT2D eigenvalue weighted by Gasteiger charge is 1.99. The van der Waals surface area contributed by atoms with Gasteiger partial charge < -0.3 is 9.84 Å². The Morgan fingerprint density at radius 3 is 2.63 bits per heavy atom. The second-order valence-corrected chi connectivity index (χ2v) is 4.04. The molecule has 4 nitrogen and oxygen atoms in total. The lowest BCUT2D eigenvalue weighted by atomic mass is 10.2. The smallest absolute Gasteiger partial charge is 0.328 e. The Kier molecular flexibility index (Phi) is 3.93. The predicted molar refractivity (Wildman–Crippen MR) is 72.2 cm³/mol. The highest BCUT2D eigenvalue weighted by Crippen LogP contribution is 2.21. The number of carbonyl (C=O) groups is 1. The molecule has 0 aliphatic heterocycles. The van der Waals surface area contributed by atoms with Gasteiger partial charge in [-0.2, -0.15) is 0 Å². The van der Waals surface area contributed by atoms with Gasteiger partial charge in [-0.15, -0.1) is 0 Å². The van der Waals surface area contributed by atoms with Crippen LogP contribution in [0.25, 0.3) is 6.08 Å². The van der Waals surface area contributed by atoms with Crippen LogP contribution in [0, 0.1) is 6.92 Å². The summed E-state index contributed by atoms with van der Waals surface area (Å²) >= 11 is 0. The highest BCUT2D eigenvalue weighted by molar-refractivity contribution is 5.85. The van der Waals surface area contributed by atoms with Crippen molar-refractivity contribution in [1.82, 2.24) is 4.98 Å². The van der Waals surface area contributed by atoms with E-state index in [9.17, 15) is 4.79 Å². The number of nitrogens with zero attached hydrogens (tertiary/aromatic N) is 1. The average Bonchev–Trinajstić information content (AvgIpc) is 2.40. The molecule has 0 amide bonds. The van der Waals surface area contributed by atoms with Gasteiger partial charge in [0.05, 0.1) is 6.20 Å². The zero-order chi connectivity index (χ0) is 13.7. The molecule has 0 radical (unpaired) electrons. The van der Waals surface area contributed by atoms with E-state index in [4.69, 9.17) is 9.84 Å². The van der Waals surface area contributed by atoms with Gasteiger partial charge in [-0.1, -0.05) is 17.7 Å². The molecule has 0 atom stereocenters. The summed E-state index contributed by atoms with van der Waals surface area (Å²) in [6.45, 7) is 2.00. The summed E-state index contributed by atoms with van der Waals surface area (Å²) in [7, 11) is 0. The standard InChI is InChI=1S/C15H13NO3/c1-11-2-5-13(6-3-11)19-14-8-12(9-16-10-14)4-7-15(17)18/h2-10H,1H3,(H,17,18)/b7-4+. The fourth-order valence-electron chi connectivity index (χ4n) is 1.49. The molecule has 1 heterocycles. The van der Waals surface area contributed by atoms with Crippen LogP contribution in [0.1, 0.15) is 11.1 Å². The van der Waals surface area contributed by atoms with Gasteiger partial charge >= 0.3 is 5.97 Å². The number of rotatable bonds is 4. The van der Waals surface area contributed by atoms with Crippen LogP contribution in [0.5, 0.6) is 11.5 Å². The first kappa shape index (κ1) is 12.8. The van der Waals surface area contributed by atoms with Crippen LogP contribution in [-0.2, 0) is 4.79 Å². The summed E-state index contributed by atoms with van der Waals surface area (Å²) in [6, 6.07) is 9.38. The maximum Gasteiger partial charge on any atom is 0.328 e. The normalized spacial score (nSPS) is 10.6. The Labute approximate surface area is 111 Å². The summed E-state index contributed by atoms with van der Waals surface area (Å²) < 4.78 is 5.64. The van der Waals surface area contributed by atoms with Crippen LogP contribution in [-0.4, -0.2) is 16.1 Å². The molecule has 96 valence electrons. The lowest BCUT2D eigenvalue weighted by Crippen LogP contribution is -1.88. The van der Waals surface area contributed by atoms with Gasteiger partial charge in [0.1, 0.15) is 11.5 Å². The molecule has 0 saturated carbocycles. The van der Waals surface area contributed by atoms with E-state index < -0.39 is 5.97 Å². The number of benzene rings is 1. The van der Waals surface area contributed by atoms with Crippen molar-refractivity contribution in [2.45, 2.75) is 6.92 Å². The van der Waals surface area contributed by atoms with E-state index in [1.807, 2.05) is 31.2 Å². The molecule has 1 N–H and O–H groups in total. The van der Waals surface area contributed by atoms with Crippen molar-refractivity contribution in [3.8, 4) is 11.5 Å². The van der Waals surface area contributed by atoms with Crippen molar-refractivity contribution in [1.29, 1.82) is 0 Å². The number of carboxylic acids is 1. The molecule has 1 aromatic heterocycles. The second kappa shape index (κ2) is 5.82. The Morgan fingerprint density at radius 2 is 1.95 bits per heavy atom. The van der Waals surface area contributed by atoms with E-state index in [2.05, 4.69) is 4.98 Å². The third-order valence-electron chi connectivity index (χ3n) is 2.41. The largest absolute Gasteiger partial charge is 0.478 e. The molecule has 0 aliphatic carbocycles. The van der Waals surface area contributed by atoms with Gasteiger partial charge in [0.25, 0.3) is 0 Å². The fourth-order valence-corrected chi connectivity index (χ4v) is 1.49. The van der Waals surface area contributed by atoms with Crippen LogP contribution < -0.4 is 4.74 Å². The van der Waals surface area contributed by atoms with Crippen molar-refractivity contribution in [2.75, 3.05) is 0 Å². The van der Waals surface area contributed by atoms with E-state index in [1.165, 1.54) is 6.08 Å². The number of aromatic nitrogens is 1. The summed E-state index contributed by atoms with van der Waals surface area (Å²) in [6.07, 6.45) is 5.68. The van der Waals surface area contributed by atoms with Crippen LogP contribution >= 0.6 is 0 Å². The molecule has 19 heavy (non-hydrogen) atoms. The minimum Gasteiger partial charge on any atom is -0.478 e. The van der Waals surface area contributed by atoms with Crippen molar-refractivity contribution >= 4 is 12.0 Å². The SMILES string of the molecule is Cc1ccc(Oc2cncc(/C=C/C(=O)O)c2)cc1. The van der Waals surface area contributed by atoms with Crippen molar-refractivity contribution in [3.63, 3.8) is 0 Å². The molecule has 0 bridgehead atoms. The van der Waals surface area contributed by atoms with Crippen molar-refractivity contribution in [2.24, 2.45) is 0 Å². The Bertz CT molecular complexity index is 603. The topological polar surface area (TPSA) is 59.4 Å². The molecule has 2 rings (SSSR count). The van der Waals surface area contributed by atoms with Gasteiger partial charge in [0.15, 0.2) is 0 Å². The highest BCUT2D eigenvalue weighted by atomic mass is 16.5. The van der Waals surface area contributed by atoms with Gasteiger partial charge in [0.2, 0.25) is 0 Å². The molecule has 0 spiro atoms. The average molecular weight is 255 g/mol. The van der Waals surface area contributed by atoms with E-state index in [1.54, 1.807) is 18.5 Å². The maximum absolute atomic E-state index is 10.4. The quantitative estimate of drug-likeness (QED) is 0.852. The van der Waals surface area contributed by atoms with E-state index in [0.717, 1.165) is 11.6 Å². The number of aryl methyl sites for hydroxylation is 1. The van der Waals surface area contributed by atoms with Gasteiger partial charge in [-0.3, -0.25) is 4.98 Å². The van der Waals surface area contributed by atoms with E-state index in [-0.39, 0.29) is 0 Å². The number of hydrogen-bond donors (Lipinski definition) is 1. The third-order valence-corrected chi connectivity index (χ3v) is 2.41. The molecule has 1 aromatic carbocycles. The first-order chi connectivity index (χ1) is 9.13. The van der Waals surface area contributed by atoms with Gasteiger partial charge in [0, 0.05) is 12.3 Å².